The van der Waals surface area contributed by atoms with Gasteiger partial charge < -0.3 is 4.42 Å². The molecule has 3 nitrogen and oxygen atoms in total. The molecule has 0 aliphatic rings. The molecule has 0 atom stereocenters. The average Bonchev–Trinajstić information content (AvgIpc) is 3.05. The Bertz CT molecular complexity index is 1330. The lowest BCUT2D eigenvalue weighted by molar-refractivity contribution is 0.411. The third kappa shape index (κ3) is 2.35. The lowest BCUT2D eigenvalue weighted by atomic mass is 9.88. The number of hydrogen-bond donors (Lipinski definition) is 0. The van der Waals surface area contributed by atoms with Gasteiger partial charge >= 0.3 is 0 Å². The highest BCUT2D eigenvalue weighted by Crippen LogP contribution is 2.39. The van der Waals surface area contributed by atoms with Crippen LogP contribution in [0.2, 0.25) is 0 Å². The van der Waals surface area contributed by atoms with E-state index in [0.29, 0.717) is 11.3 Å². The van der Waals surface area contributed by atoms with Crippen molar-refractivity contribution in [2.75, 3.05) is 0 Å². The molecule has 5 rings (SSSR count). The molecule has 0 aliphatic carbocycles. The van der Waals surface area contributed by atoms with Crippen molar-refractivity contribution >= 4 is 32.8 Å². The van der Waals surface area contributed by atoms with Crippen LogP contribution in [0.4, 0.5) is 0 Å². The van der Waals surface area contributed by atoms with E-state index in [-0.39, 0.29) is 0 Å². The van der Waals surface area contributed by atoms with Crippen molar-refractivity contribution in [1.29, 1.82) is 0 Å². The van der Waals surface area contributed by atoms with Crippen LogP contribution in [0.1, 0.15) is 29.1 Å². The molecule has 128 valence electrons. The molecule has 0 saturated heterocycles. The zero-order chi connectivity index (χ0) is 19.7. The minimum absolute atomic E-state index is 0.530. The first-order valence-electron chi connectivity index (χ1n) is 9.76. The molecule has 3 heteroatoms. The van der Waals surface area contributed by atoms with E-state index in [4.69, 9.17) is 12.1 Å². The first-order valence-corrected chi connectivity index (χ1v) is 8.76. The molecular formula is C23H20N2O. The van der Waals surface area contributed by atoms with Crippen LogP contribution in [-0.2, 0) is 6.37 Å². The molecular weight excluding hydrogens is 320 g/mol. The van der Waals surface area contributed by atoms with Gasteiger partial charge in [-0.25, -0.2) is 0 Å². The zero-order valence-electron chi connectivity index (χ0n) is 17.0. The lowest BCUT2D eigenvalue weighted by Crippen LogP contribution is -2.09. The summed E-state index contributed by atoms with van der Waals surface area (Å²) in [5, 5.41) is 3.12. The molecule has 5 aromatic rings. The van der Waals surface area contributed by atoms with E-state index >= 15 is 0 Å². The van der Waals surface area contributed by atoms with Crippen molar-refractivity contribution in [3.05, 3.63) is 60.4 Å². The van der Waals surface area contributed by atoms with Gasteiger partial charge in [-0.1, -0.05) is 32.9 Å². The van der Waals surface area contributed by atoms with Crippen molar-refractivity contribution in [1.82, 2.24) is 9.97 Å². The molecule has 0 N–H and O–H groups in total. The first kappa shape index (κ1) is 13.3. The number of hydrogen-bond acceptors (Lipinski definition) is 3. The van der Waals surface area contributed by atoms with E-state index in [1.807, 2.05) is 63.4 Å². The lowest BCUT2D eigenvalue weighted by Gasteiger charge is -2.18. The second-order valence-electron chi connectivity index (χ2n) is 7.72. The van der Waals surface area contributed by atoms with Crippen LogP contribution in [-0.4, -0.2) is 9.97 Å². The molecule has 0 amide bonds. The molecule has 0 spiro atoms. The van der Waals surface area contributed by atoms with Crippen LogP contribution in [0, 0.1) is 5.41 Å². The van der Waals surface area contributed by atoms with Gasteiger partial charge in [-0.15, -0.1) is 0 Å². The molecule has 3 aromatic heterocycles. The van der Waals surface area contributed by atoms with E-state index in [0.717, 1.165) is 38.4 Å². The van der Waals surface area contributed by atoms with Crippen molar-refractivity contribution in [3.8, 4) is 11.3 Å². The van der Waals surface area contributed by atoms with Crippen molar-refractivity contribution in [2.45, 2.75) is 27.1 Å². The summed E-state index contributed by atoms with van der Waals surface area (Å²) in [5.74, 6) is 0. The third-order valence-corrected chi connectivity index (χ3v) is 4.56. The predicted octanol–water partition coefficient (Wildman–Crippen LogP) is 6.22. The van der Waals surface area contributed by atoms with Crippen LogP contribution >= 0.6 is 0 Å². The number of benzene rings is 2. The fourth-order valence-corrected chi connectivity index (χ4v) is 3.59. The maximum Gasteiger partial charge on any atom is 0.137 e. The van der Waals surface area contributed by atoms with Crippen LogP contribution in [0.15, 0.2) is 59.3 Å². The summed E-state index contributed by atoms with van der Waals surface area (Å²) in [6, 6.07) is 13.5. The second kappa shape index (κ2) is 5.28. The van der Waals surface area contributed by atoms with Gasteiger partial charge in [-0.2, -0.15) is 0 Å². The van der Waals surface area contributed by atoms with E-state index in [9.17, 15) is 0 Å². The Morgan fingerprint density at radius 3 is 2.69 bits per heavy atom. The fraction of sp³-hybridized carbons (Fsp3) is 0.217. The SMILES string of the molecule is [2H]C([2H])(c1ccnc(-c2ccc3oc4cccc5cnc2c3c54)c1)C(C)(C)C. The van der Waals surface area contributed by atoms with Gasteiger partial charge in [0.15, 0.2) is 0 Å². The molecule has 0 saturated carbocycles. The first-order chi connectivity index (χ1) is 13.3. The van der Waals surface area contributed by atoms with Gasteiger partial charge in [-0.3, -0.25) is 9.97 Å². The van der Waals surface area contributed by atoms with Gasteiger partial charge in [0, 0.05) is 31.5 Å². The normalized spacial score (nSPS) is 14.3. The zero-order valence-corrected chi connectivity index (χ0v) is 15.0. The Balaban J connectivity index is 1.77. The summed E-state index contributed by atoms with van der Waals surface area (Å²) >= 11 is 0. The predicted molar refractivity (Wildman–Crippen MR) is 107 cm³/mol. The highest BCUT2D eigenvalue weighted by molar-refractivity contribution is 6.22. The molecule has 0 fully saturated rings. The van der Waals surface area contributed by atoms with Gasteiger partial charge in [0.25, 0.3) is 0 Å². The maximum absolute atomic E-state index is 8.59. The molecule has 0 bridgehead atoms. The summed E-state index contributed by atoms with van der Waals surface area (Å²) in [5.41, 5.74) is 4.17. The van der Waals surface area contributed by atoms with Crippen molar-refractivity contribution in [3.63, 3.8) is 0 Å². The van der Waals surface area contributed by atoms with Crippen LogP contribution in [0.5, 0.6) is 0 Å². The standard InChI is InChI=1S/C23H20N2O/c1-23(2,3)12-14-9-10-24-17(11-14)16-7-8-19-21-20-15(13-25-22(16)21)5-4-6-18(20)26-19/h4-11,13H,12H2,1-3H3/i12D2. The summed E-state index contributed by atoms with van der Waals surface area (Å²) < 4.78 is 23.2. The van der Waals surface area contributed by atoms with Crippen LogP contribution in [0.3, 0.4) is 0 Å². The van der Waals surface area contributed by atoms with Gasteiger partial charge in [0.1, 0.15) is 11.2 Å². The Hall–Kier alpha value is -2.94. The van der Waals surface area contributed by atoms with Crippen LogP contribution in [0.25, 0.3) is 44.1 Å². The number of aromatic nitrogens is 2. The maximum atomic E-state index is 8.59. The Morgan fingerprint density at radius 1 is 1.00 bits per heavy atom. The summed E-state index contributed by atoms with van der Waals surface area (Å²) in [6.07, 6.45) is 2.06. The Kier molecular flexibility index (Phi) is 2.70. The molecule has 26 heavy (non-hydrogen) atoms. The third-order valence-electron chi connectivity index (χ3n) is 4.56. The van der Waals surface area contributed by atoms with Gasteiger partial charge in [0.2, 0.25) is 0 Å². The molecule has 2 aromatic carbocycles. The van der Waals surface area contributed by atoms with Gasteiger partial charge in [-0.05, 0) is 47.7 Å². The van der Waals surface area contributed by atoms with E-state index in [2.05, 4.69) is 4.98 Å². The van der Waals surface area contributed by atoms with Crippen molar-refractivity contribution in [2.24, 2.45) is 5.41 Å². The number of rotatable bonds is 2. The summed E-state index contributed by atoms with van der Waals surface area (Å²) in [6.45, 7) is 5.73. The Labute approximate surface area is 154 Å². The van der Waals surface area contributed by atoms with Crippen LogP contribution < -0.4 is 0 Å². The molecule has 0 radical (unpaired) electrons. The van der Waals surface area contributed by atoms with E-state index in [1.165, 1.54) is 0 Å². The smallest absolute Gasteiger partial charge is 0.137 e. The molecule has 0 aliphatic heterocycles. The topological polar surface area (TPSA) is 38.9 Å². The fourth-order valence-electron chi connectivity index (χ4n) is 3.59. The number of nitrogens with zero attached hydrogens (tertiary/aromatic N) is 2. The minimum atomic E-state index is -1.48. The monoisotopic (exact) mass is 342 g/mol. The summed E-state index contributed by atoms with van der Waals surface area (Å²) in [7, 11) is 0. The largest absolute Gasteiger partial charge is 0.456 e. The average molecular weight is 342 g/mol. The van der Waals surface area contributed by atoms with E-state index in [1.54, 1.807) is 12.3 Å². The minimum Gasteiger partial charge on any atom is -0.456 e. The highest BCUT2D eigenvalue weighted by atomic mass is 16.3. The second-order valence-corrected chi connectivity index (χ2v) is 7.72. The molecule has 3 heterocycles. The summed E-state index contributed by atoms with van der Waals surface area (Å²) in [4.78, 5) is 9.24. The number of furan rings is 1. The van der Waals surface area contributed by atoms with Crippen molar-refractivity contribution < 1.29 is 7.16 Å². The number of pyridine rings is 2. The van der Waals surface area contributed by atoms with Gasteiger partial charge in [0.05, 0.1) is 16.6 Å². The Morgan fingerprint density at radius 2 is 1.85 bits per heavy atom. The highest BCUT2D eigenvalue weighted by Gasteiger charge is 2.18. The molecule has 0 unspecified atom stereocenters. The quantitative estimate of drug-likeness (QED) is 0.357. The van der Waals surface area contributed by atoms with E-state index < -0.39 is 11.8 Å².